The molecule has 0 aliphatic heterocycles. The fourth-order valence-corrected chi connectivity index (χ4v) is 2.96. The van der Waals surface area contributed by atoms with Crippen LogP contribution in [-0.2, 0) is 10.0 Å². The van der Waals surface area contributed by atoms with Gasteiger partial charge in [0.15, 0.2) is 0 Å². The first kappa shape index (κ1) is 17.1. The summed E-state index contributed by atoms with van der Waals surface area (Å²) < 4.78 is 26.8. The summed E-state index contributed by atoms with van der Waals surface area (Å²) in [6.45, 7) is 1.98. The lowest BCUT2D eigenvalue weighted by molar-refractivity contribution is 0.586. The van der Waals surface area contributed by atoms with Crippen LogP contribution in [0.5, 0.6) is 0 Å². The Morgan fingerprint density at radius 2 is 1.70 bits per heavy atom. The van der Waals surface area contributed by atoms with Crippen LogP contribution < -0.4 is 9.62 Å². The molecule has 4 nitrogen and oxygen atoms in total. The van der Waals surface area contributed by atoms with Crippen LogP contribution in [0.25, 0.3) is 0 Å². The first-order valence-electron chi connectivity index (χ1n) is 7.22. The fraction of sp³-hybridized carbons (Fsp3) is 0.222. The van der Waals surface area contributed by atoms with E-state index in [1.807, 2.05) is 50.2 Å². The number of rotatable bonds is 4. The van der Waals surface area contributed by atoms with Crippen molar-refractivity contribution in [3.63, 3.8) is 0 Å². The Labute approximate surface area is 138 Å². The molecule has 0 aliphatic carbocycles. The normalized spacial score (nSPS) is 10.7. The van der Waals surface area contributed by atoms with E-state index in [-0.39, 0.29) is 11.4 Å². The minimum Gasteiger partial charge on any atom is -0.377 e. The van der Waals surface area contributed by atoms with Crippen LogP contribution in [0.15, 0.2) is 53.4 Å². The molecular formula is C18H20N2O2S. The first-order valence-corrected chi connectivity index (χ1v) is 8.70. The van der Waals surface area contributed by atoms with E-state index < -0.39 is 10.0 Å². The number of hydrogen-bond acceptors (Lipinski definition) is 3. The minimum absolute atomic E-state index is 0.0674. The monoisotopic (exact) mass is 328 g/mol. The van der Waals surface area contributed by atoms with Crippen LogP contribution in [-0.4, -0.2) is 29.1 Å². The number of para-hydroxylation sites is 1. The lowest BCUT2D eigenvalue weighted by atomic mass is 10.1. The molecule has 120 valence electrons. The molecule has 0 aliphatic rings. The molecule has 0 heterocycles. The SMILES string of the molecule is Cc1ccc(S(=O)(=O)NCC#Cc2ccccc2N(C)C)cc1. The topological polar surface area (TPSA) is 49.4 Å². The second-order valence-electron chi connectivity index (χ2n) is 5.35. The third-order valence-corrected chi connectivity index (χ3v) is 4.71. The number of hydrogen-bond donors (Lipinski definition) is 1. The van der Waals surface area contributed by atoms with E-state index in [0.717, 1.165) is 16.8 Å². The van der Waals surface area contributed by atoms with Crippen molar-refractivity contribution in [2.24, 2.45) is 0 Å². The summed E-state index contributed by atoms with van der Waals surface area (Å²) in [6.07, 6.45) is 0. The lowest BCUT2D eigenvalue weighted by Crippen LogP contribution is -2.24. The van der Waals surface area contributed by atoms with Crippen LogP contribution in [0.4, 0.5) is 5.69 Å². The highest BCUT2D eigenvalue weighted by atomic mass is 32.2. The molecule has 2 aromatic rings. The van der Waals surface area contributed by atoms with Crippen molar-refractivity contribution in [3.8, 4) is 11.8 Å². The summed E-state index contributed by atoms with van der Waals surface area (Å²) in [7, 11) is 0.369. The second-order valence-corrected chi connectivity index (χ2v) is 7.12. The maximum atomic E-state index is 12.1. The van der Waals surface area contributed by atoms with Crippen molar-refractivity contribution < 1.29 is 8.42 Å². The maximum Gasteiger partial charge on any atom is 0.241 e. The van der Waals surface area contributed by atoms with Crippen molar-refractivity contribution in [1.29, 1.82) is 0 Å². The van der Waals surface area contributed by atoms with Gasteiger partial charge < -0.3 is 4.90 Å². The zero-order chi connectivity index (χ0) is 16.9. The summed E-state index contributed by atoms with van der Waals surface area (Å²) in [5.74, 6) is 5.88. The predicted octanol–water partition coefficient (Wildman–Crippen LogP) is 2.39. The van der Waals surface area contributed by atoms with Gasteiger partial charge in [-0.25, -0.2) is 8.42 Å². The van der Waals surface area contributed by atoms with E-state index in [9.17, 15) is 8.42 Å². The maximum absolute atomic E-state index is 12.1. The average molecular weight is 328 g/mol. The second kappa shape index (κ2) is 7.32. The molecule has 0 unspecified atom stereocenters. The van der Waals surface area contributed by atoms with Gasteiger partial charge in [0.05, 0.1) is 17.1 Å². The molecule has 0 fully saturated rings. The number of anilines is 1. The van der Waals surface area contributed by atoms with E-state index in [0.29, 0.717) is 0 Å². The van der Waals surface area contributed by atoms with Crippen molar-refractivity contribution in [1.82, 2.24) is 4.72 Å². The zero-order valence-electron chi connectivity index (χ0n) is 13.5. The number of aryl methyl sites for hydroxylation is 1. The highest BCUT2D eigenvalue weighted by molar-refractivity contribution is 7.89. The number of benzene rings is 2. The lowest BCUT2D eigenvalue weighted by Gasteiger charge is -2.13. The van der Waals surface area contributed by atoms with Gasteiger partial charge in [0.2, 0.25) is 10.0 Å². The molecule has 2 rings (SSSR count). The third kappa shape index (κ3) is 4.59. The summed E-state index contributed by atoms with van der Waals surface area (Å²) in [6, 6.07) is 14.5. The van der Waals surface area contributed by atoms with Crippen LogP contribution in [0.3, 0.4) is 0 Å². The molecule has 5 heteroatoms. The quantitative estimate of drug-likeness (QED) is 0.877. The van der Waals surface area contributed by atoms with Crippen LogP contribution >= 0.6 is 0 Å². The Hall–Kier alpha value is -2.29. The standard InChI is InChI=1S/C18H20N2O2S/c1-15-10-12-17(13-11-15)23(21,22)19-14-6-8-16-7-4-5-9-18(16)20(2)3/h4-5,7,9-13,19H,14H2,1-3H3. The van der Waals surface area contributed by atoms with Gasteiger partial charge in [-0.3, -0.25) is 0 Å². The third-order valence-electron chi connectivity index (χ3n) is 3.29. The molecule has 0 amide bonds. The molecule has 0 radical (unpaired) electrons. The molecule has 1 N–H and O–H groups in total. The van der Waals surface area contributed by atoms with Crippen LogP contribution in [0.1, 0.15) is 11.1 Å². The van der Waals surface area contributed by atoms with Crippen molar-refractivity contribution >= 4 is 15.7 Å². The van der Waals surface area contributed by atoms with E-state index in [1.54, 1.807) is 24.3 Å². The average Bonchev–Trinajstić information content (AvgIpc) is 2.52. The van der Waals surface area contributed by atoms with Gasteiger partial charge in [-0.1, -0.05) is 41.7 Å². The summed E-state index contributed by atoms with van der Waals surface area (Å²) in [4.78, 5) is 2.22. The zero-order valence-corrected chi connectivity index (χ0v) is 14.3. The fourth-order valence-electron chi connectivity index (χ4n) is 2.04. The predicted molar refractivity (Wildman–Crippen MR) is 94.0 cm³/mol. The Balaban J connectivity index is 2.07. The number of nitrogens with zero attached hydrogens (tertiary/aromatic N) is 1. The molecule has 0 aromatic heterocycles. The van der Waals surface area contributed by atoms with Gasteiger partial charge in [-0.15, -0.1) is 0 Å². The number of nitrogens with one attached hydrogen (secondary N) is 1. The largest absolute Gasteiger partial charge is 0.377 e. The summed E-state index contributed by atoms with van der Waals surface area (Å²) in [5, 5.41) is 0. The van der Waals surface area contributed by atoms with Gasteiger partial charge >= 0.3 is 0 Å². The first-order chi connectivity index (χ1) is 10.9. The highest BCUT2D eigenvalue weighted by Crippen LogP contribution is 2.16. The molecule has 2 aromatic carbocycles. The Morgan fingerprint density at radius 3 is 2.35 bits per heavy atom. The van der Waals surface area contributed by atoms with Crippen LogP contribution in [0, 0.1) is 18.8 Å². The van der Waals surface area contributed by atoms with E-state index >= 15 is 0 Å². The summed E-state index contributed by atoms with van der Waals surface area (Å²) in [5.41, 5.74) is 2.89. The Morgan fingerprint density at radius 1 is 1.04 bits per heavy atom. The molecule has 0 spiro atoms. The van der Waals surface area contributed by atoms with E-state index in [2.05, 4.69) is 16.6 Å². The molecule has 0 saturated carbocycles. The van der Waals surface area contributed by atoms with Gasteiger partial charge in [0.25, 0.3) is 0 Å². The van der Waals surface area contributed by atoms with Gasteiger partial charge in [0, 0.05) is 19.7 Å². The molecule has 23 heavy (non-hydrogen) atoms. The van der Waals surface area contributed by atoms with Crippen molar-refractivity contribution in [2.75, 3.05) is 25.5 Å². The van der Waals surface area contributed by atoms with Crippen molar-refractivity contribution in [2.45, 2.75) is 11.8 Å². The van der Waals surface area contributed by atoms with Gasteiger partial charge in [0.1, 0.15) is 0 Å². The Kier molecular flexibility index (Phi) is 5.43. The van der Waals surface area contributed by atoms with Gasteiger partial charge in [-0.2, -0.15) is 4.72 Å². The molecule has 0 saturated heterocycles. The van der Waals surface area contributed by atoms with Crippen molar-refractivity contribution in [3.05, 3.63) is 59.7 Å². The summed E-state index contributed by atoms with van der Waals surface area (Å²) >= 11 is 0. The van der Waals surface area contributed by atoms with E-state index in [1.165, 1.54) is 0 Å². The Bertz CT molecular complexity index is 829. The smallest absolute Gasteiger partial charge is 0.241 e. The van der Waals surface area contributed by atoms with Gasteiger partial charge in [-0.05, 0) is 31.2 Å². The number of sulfonamides is 1. The van der Waals surface area contributed by atoms with Crippen LogP contribution in [0.2, 0.25) is 0 Å². The highest BCUT2D eigenvalue weighted by Gasteiger charge is 2.11. The molecular weight excluding hydrogens is 308 g/mol. The molecule has 0 atom stereocenters. The minimum atomic E-state index is -3.52. The molecule has 0 bridgehead atoms. The van der Waals surface area contributed by atoms with E-state index in [4.69, 9.17) is 0 Å².